The summed E-state index contributed by atoms with van der Waals surface area (Å²) in [5, 5.41) is 0. The van der Waals surface area contributed by atoms with Gasteiger partial charge in [0.2, 0.25) is 0 Å². The van der Waals surface area contributed by atoms with Gasteiger partial charge in [0.05, 0.1) is 0 Å². The van der Waals surface area contributed by atoms with Gasteiger partial charge in [0.1, 0.15) is 0 Å². The molecule has 0 aliphatic rings. The fraction of sp³-hybridized carbons (Fsp3) is 0.538. The number of rotatable bonds is 3. The predicted octanol–water partition coefficient (Wildman–Crippen LogP) is 3.35. The Morgan fingerprint density at radius 1 is 1.21 bits per heavy atom. The van der Waals surface area contributed by atoms with Crippen LogP contribution in [0.15, 0.2) is 18.2 Å². The molecular formula is C13H21N. The second kappa shape index (κ2) is 4.61. The number of hydrogen-bond acceptors (Lipinski definition) is 1. The Morgan fingerprint density at radius 2 is 1.86 bits per heavy atom. The first kappa shape index (κ1) is 11.3. The van der Waals surface area contributed by atoms with Crippen LogP contribution in [0.5, 0.6) is 0 Å². The molecule has 0 heterocycles. The first-order valence-electron chi connectivity index (χ1n) is 5.34. The molecule has 0 aliphatic carbocycles. The Labute approximate surface area is 87.3 Å². The molecule has 0 aromatic heterocycles. The zero-order valence-electron chi connectivity index (χ0n) is 9.67. The quantitative estimate of drug-likeness (QED) is 0.779. The average molecular weight is 191 g/mol. The third-order valence-corrected chi connectivity index (χ3v) is 2.77. The molecule has 0 saturated carbocycles. The second-order valence-electron chi connectivity index (χ2n) is 4.53. The van der Waals surface area contributed by atoms with E-state index in [-0.39, 0.29) is 6.04 Å². The molecule has 1 aromatic carbocycles. The third-order valence-electron chi connectivity index (χ3n) is 2.77. The molecule has 14 heavy (non-hydrogen) atoms. The second-order valence-corrected chi connectivity index (χ2v) is 4.53. The molecule has 1 rings (SSSR count). The minimum Gasteiger partial charge on any atom is -0.324 e. The minimum absolute atomic E-state index is 0.190. The molecule has 1 heteroatoms. The zero-order valence-corrected chi connectivity index (χ0v) is 9.67. The first-order valence-corrected chi connectivity index (χ1v) is 5.34. The van der Waals surface area contributed by atoms with Crippen molar-refractivity contribution in [3.05, 3.63) is 34.9 Å². The zero-order chi connectivity index (χ0) is 10.7. The summed E-state index contributed by atoms with van der Waals surface area (Å²) < 4.78 is 0. The van der Waals surface area contributed by atoms with Gasteiger partial charge in [-0.3, -0.25) is 0 Å². The van der Waals surface area contributed by atoms with Crippen LogP contribution in [0, 0.1) is 19.8 Å². The van der Waals surface area contributed by atoms with Crippen molar-refractivity contribution >= 4 is 0 Å². The van der Waals surface area contributed by atoms with E-state index in [0.29, 0.717) is 5.92 Å². The first-order chi connectivity index (χ1) is 6.52. The lowest BCUT2D eigenvalue weighted by Gasteiger charge is -2.17. The van der Waals surface area contributed by atoms with Crippen LogP contribution < -0.4 is 5.73 Å². The van der Waals surface area contributed by atoms with Crippen LogP contribution in [0.25, 0.3) is 0 Å². The molecule has 0 radical (unpaired) electrons. The van der Waals surface area contributed by atoms with Gasteiger partial charge in [-0.25, -0.2) is 0 Å². The fourth-order valence-corrected chi connectivity index (χ4v) is 1.81. The Kier molecular flexibility index (Phi) is 3.70. The maximum atomic E-state index is 6.17. The molecule has 0 fully saturated rings. The van der Waals surface area contributed by atoms with E-state index in [1.165, 1.54) is 16.7 Å². The summed E-state index contributed by atoms with van der Waals surface area (Å²) in [5.41, 5.74) is 10.2. The lowest BCUT2D eigenvalue weighted by atomic mass is 9.93. The van der Waals surface area contributed by atoms with Crippen molar-refractivity contribution < 1.29 is 0 Å². The molecule has 1 nitrogen and oxygen atoms in total. The monoisotopic (exact) mass is 191 g/mol. The van der Waals surface area contributed by atoms with Crippen molar-refractivity contribution in [3.8, 4) is 0 Å². The molecule has 0 bridgehead atoms. The summed E-state index contributed by atoms with van der Waals surface area (Å²) in [7, 11) is 0. The van der Waals surface area contributed by atoms with E-state index in [4.69, 9.17) is 5.73 Å². The lowest BCUT2D eigenvalue weighted by Crippen LogP contribution is -2.14. The van der Waals surface area contributed by atoms with Crippen molar-refractivity contribution in [2.24, 2.45) is 11.7 Å². The molecule has 2 N–H and O–H groups in total. The summed E-state index contributed by atoms with van der Waals surface area (Å²) in [6.07, 6.45) is 1.06. The highest BCUT2D eigenvalue weighted by Crippen LogP contribution is 2.23. The van der Waals surface area contributed by atoms with Crippen LogP contribution in [0.4, 0.5) is 0 Å². The summed E-state index contributed by atoms with van der Waals surface area (Å²) >= 11 is 0. The largest absolute Gasteiger partial charge is 0.324 e. The van der Waals surface area contributed by atoms with Crippen molar-refractivity contribution in [1.29, 1.82) is 0 Å². The maximum absolute atomic E-state index is 6.17. The standard InChI is InChI=1S/C13H21N/c1-9(2)8-13(14)12-7-5-6-10(3)11(12)4/h5-7,9,13H,8,14H2,1-4H3/t13-/m0/s1. The van der Waals surface area contributed by atoms with Gasteiger partial charge in [0.25, 0.3) is 0 Å². The van der Waals surface area contributed by atoms with E-state index in [1.807, 2.05) is 0 Å². The molecule has 0 amide bonds. The Morgan fingerprint density at radius 3 is 2.43 bits per heavy atom. The highest BCUT2D eigenvalue weighted by atomic mass is 14.6. The molecular weight excluding hydrogens is 170 g/mol. The van der Waals surface area contributed by atoms with Gasteiger partial charge in [-0.15, -0.1) is 0 Å². The van der Waals surface area contributed by atoms with E-state index in [9.17, 15) is 0 Å². The highest BCUT2D eigenvalue weighted by Gasteiger charge is 2.11. The van der Waals surface area contributed by atoms with Crippen molar-refractivity contribution in [3.63, 3.8) is 0 Å². The molecule has 1 atom stereocenters. The van der Waals surface area contributed by atoms with Crippen LogP contribution >= 0.6 is 0 Å². The van der Waals surface area contributed by atoms with E-state index >= 15 is 0 Å². The maximum Gasteiger partial charge on any atom is 0.0300 e. The molecule has 1 aromatic rings. The summed E-state index contributed by atoms with van der Waals surface area (Å²) in [6.45, 7) is 8.72. The van der Waals surface area contributed by atoms with Gasteiger partial charge in [-0.05, 0) is 42.9 Å². The summed E-state index contributed by atoms with van der Waals surface area (Å²) in [4.78, 5) is 0. The topological polar surface area (TPSA) is 26.0 Å². The van der Waals surface area contributed by atoms with E-state index in [1.54, 1.807) is 0 Å². The number of aryl methyl sites for hydroxylation is 1. The van der Waals surface area contributed by atoms with Crippen LogP contribution in [0.2, 0.25) is 0 Å². The van der Waals surface area contributed by atoms with Crippen molar-refractivity contribution in [2.75, 3.05) is 0 Å². The van der Waals surface area contributed by atoms with Gasteiger partial charge in [-0.2, -0.15) is 0 Å². The molecule has 0 spiro atoms. The van der Waals surface area contributed by atoms with E-state index < -0.39 is 0 Å². The Hall–Kier alpha value is -0.820. The molecule has 78 valence electrons. The van der Waals surface area contributed by atoms with Gasteiger partial charge in [-0.1, -0.05) is 32.0 Å². The number of nitrogens with two attached hydrogens (primary N) is 1. The predicted molar refractivity (Wildman–Crippen MR) is 62.3 cm³/mol. The Bertz CT molecular complexity index is 302. The smallest absolute Gasteiger partial charge is 0.0300 e. The molecule has 0 unspecified atom stereocenters. The number of hydrogen-bond donors (Lipinski definition) is 1. The third kappa shape index (κ3) is 2.58. The number of benzene rings is 1. The normalized spacial score (nSPS) is 13.3. The highest BCUT2D eigenvalue weighted by molar-refractivity contribution is 5.35. The van der Waals surface area contributed by atoms with Gasteiger partial charge < -0.3 is 5.73 Å². The van der Waals surface area contributed by atoms with Crippen molar-refractivity contribution in [1.82, 2.24) is 0 Å². The van der Waals surface area contributed by atoms with Crippen LogP contribution in [0.1, 0.15) is 43.0 Å². The van der Waals surface area contributed by atoms with Gasteiger partial charge in [0.15, 0.2) is 0 Å². The van der Waals surface area contributed by atoms with Crippen LogP contribution in [-0.4, -0.2) is 0 Å². The average Bonchev–Trinajstić information content (AvgIpc) is 2.08. The van der Waals surface area contributed by atoms with E-state index in [0.717, 1.165) is 6.42 Å². The van der Waals surface area contributed by atoms with Gasteiger partial charge in [0, 0.05) is 6.04 Å². The summed E-state index contributed by atoms with van der Waals surface area (Å²) in [5.74, 6) is 0.657. The van der Waals surface area contributed by atoms with Crippen LogP contribution in [0.3, 0.4) is 0 Å². The Balaban J connectivity index is 2.89. The van der Waals surface area contributed by atoms with Crippen LogP contribution in [-0.2, 0) is 0 Å². The minimum atomic E-state index is 0.190. The van der Waals surface area contributed by atoms with Crippen molar-refractivity contribution in [2.45, 2.75) is 40.2 Å². The molecule has 0 saturated heterocycles. The molecule has 0 aliphatic heterocycles. The summed E-state index contributed by atoms with van der Waals surface area (Å²) in [6, 6.07) is 6.57. The SMILES string of the molecule is Cc1cccc([C@@H](N)CC(C)C)c1C. The van der Waals surface area contributed by atoms with Gasteiger partial charge >= 0.3 is 0 Å². The van der Waals surface area contributed by atoms with E-state index in [2.05, 4.69) is 45.9 Å². The lowest BCUT2D eigenvalue weighted by molar-refractivity contribution is 0.508. The fourth-order valence-electron chi connectivity index (χ4n) is 1.81.